The van der Waals surface area contributed by atoms with Gasteiger partial charge in [0, 0.05) is 19.7 Å². The molecule has 1 aliphatic rings. The molecule has 4 heteroatoms. The Morgan fingerprint density at radius 3 is 2.40 bits per heavy atom. The number of carbonyl (C=O) groups is 1. The molecule has 15 heavy (non-hydrogen) atoms. The van der Waals surface area contributed by atoms with E-state index in [9.17, 15) is 4.79 Å². The van der Waals surface area contributed by atoms with E-state index < -0.39 is 0 Å². The molecule has 0 unspecified atom stereocenters. The van der Waals surface area contributed by atoms with Gasteiger partial charge in [0.2, 0.25) is 5.91 Å². The minimum atomic E-state index is -0.379. The van der Waals surface area contributed by atoms with E-state index in [-0.39, 0.29) is 24.5 Å². The monoisotopic (exact) mass is 214 g/mol. The second kappa shape index (κ2) is 5.47. The van der Waals surface area contributed by atoms with Gasteiger partial charge in [0.25, 0.3) is 0 Å². The molecule has 0 saturated carbocycles. The van der Waals surface area contributed by atoms with Crippen LogP contribution in [0, 0.1) is 11.8 Å². The highest BCUT2D eigenvalue weighted by Crippen LogP contribution is 2.17. The van der Waals surface area contributed by atoms with E-state index in [0.29, 0.717) is 5.92 Å². The van der Waals surface area contributed by atoms with Crippen molar-refractivity contribution >= 4 is 5.91 Å². The molecule has 1 amide bonds. The number of amides is 1. The average molecular weight is 214 g/mol. The molecule has 0 aromatic heterocycles. The number of aliphatic hydroxyl groups excluding tert-OH is 1. The molecular weight excluding hydrogens is 192 g/mol. The van der Waals surface area contributed by atoms with Gasteiger partial charge in [-0.05, 0) is 24.7 Å². The summed E-state index contributed by atoms with van der Waals surface area (Å²) in [7, 11) is 0. The van der Waals surface area contributed by atoms with Gasteiger partial charge in [-0.25, -0.2) is 0 Å². The quantitative estimate of drug-likeness (QED) is 0.705. The summed E-state index contributed by atoms with van der Waals surface area (Å²) in [5.41, 5.74) is 5.82. The van der Waals surface area contributed by atoms with Gasteiger partial charge in [0.05, 0.1) is 6.04 Å². The van der Waals surface area contributed by atoms with Gasteiger partial charge in [0.1, 0.15) is 0 Å². The number of nitrogens with zero attached hydrogens (tertiary/aromatic N) is 1. The molecule has 0 aliphatic carbocycles. The lowest BCUT2D eigenvalue weighted by Gasteiger charge is -2.33. The van der Waals surface area contributed by atoms with Crippen molar-refractivity contribution in [2.75, 3.05) is 19.7 Å². The van der Waals surface area contributed by atoms with Crippen molar-refractivity contribution in [3.8, 4) is 0 Å². The second-order valence-electron chi connectivity index (χ2n) is 4.72. The fourth-order valence-corrected chi connectivity index (χ4v) is 1.83. The van der Waals surface area contributed by atoms with Crippen molar-refractivity contribution in [3.05, 3.63) is 0 Å². The first-order chi connectivity index (χ1) is 7.06. The molecule has 1 saturated heterocycles. The molecule has 0 radical (unpaired) electrons. The van der Waals surface area contributed by atoms with Gasteiger partial charge in [-0.15, -0.1) is 0 Å². The normalized spacial score (nSPS) is 20.7. The average Bonchev–Trinajstić information content (AvgIpc) is 2.27. The van der Waals surface area contributed by atoms with Crippen LogP contribution in [0.15, 0.2) is 0 Å². The molecule has 88 valence electrons. The number of carbonyl (C=O) groups excluding carboxylic acids is 1. The molecule has 0 bridgehead atoms. The van der Waals surface area contributed by atoms with Gasteiger partial charge in [-0.2, -0.15) is 0 Å². The van der Waals surface area contributed by atoms with Crippen LogP contribution in [0.2, 0.25) is 0 Å². The zero-order valence-corrected chi connectivity index (χ0v) is 9.65. The van der Waals surface area contributed by atoms with E-state index in [4.69, 9.17) is 10.8 Å². The smallest absolute Gasteiger partial charge is 0.239 e. The predicted octanol–water partition coefficient (Wildman–Crippen LogP) is 0.201. The molecule has 1 rings (SSSR count). The van der Waals surface area contributed by atoms with E-state index in [1.807, 2.05) is 18.7 Å². The van der Waals surface area contributed by atoms with E-state index in [2.05, 4.69) is 0 Å². The largest absolute Gasteiger partial charge is 0.396 e. The maximum Gasteiger partial charge on any atom is 0.239 e. The molecule has 1 atom stereocenters. The van der Waals surface area contributed by atoms with E-state index >= 15 is 0 Å². The zero-order valence-electron chi connectivity index (χ0n) is 9.65. The Morgan fingerprint density at radius 2 is 2.00 bits per heavy atom. The Labute approximate surface area is 91.4 Å². The lowest BCUT2D eigenvalue weighted by molar-refractivity contribution is -0.135. The van der Waals surface area contributed by atoms with Crippen LogP contribution in [0.25, 0.3) is 0 Å². The molecule has 0 aromatic carbocycles. The number of likely N-dealkylation sites (tertiary alicyclic amines) is 1. The summed E-state index contributed by atoms with van der Waals surface area (Å²) in [5.74, 6) is 0.610. The number of aliphatic hydroxyl groups is 1. The van der Waals surface area contributed by atoms with Crippen LogP contribution < -0.4 is 5.73 Å². The molecule has 3 N–H and O–H groups in total. The van der Waals surface area contributed by atoms with Crippen LogP contribution in [-0.4, -0.2) is 41.7 Å². The molecule has 0 spiro atoms. The fraction of sp³-hybridized carbons (Fsp3) is 0.909. The van der Waals surface area contributed by atoms with E-state index in [0.717, 1.165) is 25.9 Å². The summed E-state index contributed by atoms with van der Waals surface area (Å²) in [6.07, 6.45) is 1.79. The van der Waals surface area contributed by atoms with E-state index in [1.165, 1.54) is 0 Å². The number of rotatable bonds is 3. The summed E-state index contributed by atoms with van der Waals surface area (Å²) in [6.45, 7) is 5.64. The fourth-order valence-electron chi connectivity index (χ4n) is 1.83. The predicted molar refractivity (Wildman–Crippen MR) is 59.2 cm³/mol. The van der Waals surface area contributed by atoms with Crippen LogP contribution >= 0.6 is 0 Å². The first kappa shape index (κ1) is 12.5. The molecule has 1 aliphatic heterocycles. The highest BCUT2D eigenvalue weighted by atomic mass is 16.3. The Bertz CT molecular complexity index is 211. The SMILES string of the molecule is CC(C)[C@H](N)C(=O)N1CCC(CO)CC1. The highest BCUT2D eigenvalue weighted by molar-refractivity contribution is 5.81. The number of hydrogen-bond donors (Lipinski definition) is 2. The van der Waals surface area contributed by atoms with E-state index in [1.54, 1.807) is 0 Å². The third kappa shape index (κ3) is 3.18. The molecule has 1 heterocycles. The lowest BCUT2D eigenvalue weighted by Crippen LogP contribution is -2.49. The number of hydrogen-bond acceptors (Lipinski definition) is 3. The van der Waals surface area contributed by atoms with Crippen LogP contribution in [0.4, 0.5) is 0 Å². The van der Waals surface area contributed by atoms with Crippen molar-refractivity contribution in [2.24, 2.45) is 17.6 Å². The Hall–Kier alpha value is -0.610. The van der Waals surface area contributed by atoms with Crippen molar-refractivity contribution in [1.29, 1.82) is 0 Å². The van der Waals surface area contributed by atoms with Crippen LogP contribution in [0.5, 0.6) is 0 Å². The van der Waals surface area contributed by atoms with Crippen molar-refractivity contribution in [1.82, 2.24) is 4.90 Å². The molecule has 0 aromatic rings. The van der Waals surface area contributed by atoms with Crippen molar-refractivity contribution in [3.63, 3.8) is 0 Å². The second-order valence-corrected chi connectivity index (χ2v) is 4.72. The van der Waals surface area contributed by atoms with Crippen LogP contribution in [0.3, 0.4) is 0 Å². The molecular formula is C11H22N2O2. The maximum absolute atomic E-state index is 11.9. The van der Waals surface area contributed by atoms with Gasteiger partial charge < -0.3 is 15.7 Å². The minimum Gasteiger partial charge on any atom is -0.396 e. The summed E-state index contributed by atoms with van der Waals surface area (Å²) >= 11 is 0. The summed E-state index contributed by atoms with van der Waals surface area (Å²) < 4.78 is 0. The summed E-state index contributed by atoms with van der Waals surface area (Å²) in [4.78, 5) is 13.7. The summed E-state index contributed by atoms with van der Waals surface area (Å²) in [6, 6.07) is -0.379. The number of piperidine rings is 1. The lowest BCUT2D eigenvalue weighted by atomic mass is 9.96. The van der Waals surface area contributed by atoms with Gasteiger partial charge >= 0.3 is 0 Å². The van der Waals surface area contributed by atoms with Crippen LogP contribution in [0.1, 0.15) is 26.7 Å². The van der Waals surface area contributed by atoms with Gasteiger partial charge in [0.15, 0.2) is 0 Å². The van der Waals surface area contributed by atoms with Gasteiger partial charge in [-0.1, -0.05) is 13.8 Å². The maximum atomic E-state index is 11.9. The van der Waals surface area contributed by atoms with Gasteiger partial charge in [-0.3, -0.25) is 4.79 Å². The zero-order chi connectivity index (χ0) is 11.4. The number of nitrogens with two attached hydrogens (primary N) is 1. The third-order valence-corrected chi connectivity index (χ3v) is 3.19. The summed E-state index contributed by atoms with van der Waals surface area (Å²) in [5, 5.41) is 8.99. The van der Waals surface area contributed by atoms with Crippen LogP contribution in [-0.2, 0) is 4.79 Å². The van der Waals surface area contributed by atoms with Crippen molar-refractivity contribution < 1.29 is 9.90 Å². The Kier molecular flexibility index (Phi) is 4.54. The molecule has 4 nitrogen and oxygen atoms in total. The third-order valence-electron chi connectivity index (χ3n) is 3.19. The minimum absolute atomic E-state index is 0.0568. The molecule has 1 fully saturated rings. The Balaban J connectivity index is 2.42. The Morgan fingerprint density at radius 1 is 1.47 bits per heavy atom. The standard InChI is InChI=1S/C11H22N2O2/c1-8(2)10(12)11(15)13-5-3-9(7-14)4-6-13/h8-10,14H,3-7,12H2,1-2H3/t10-/m0/s1. The first-order valence-corrected chi connectivity index (χ1v) is 5.71. The highest BCUT2D eigenvalue weighted by Gasteiger charge is 2.27. The van der Waals surface area contributed by atoms with Crippen molar-refractivity contribution in [2.45, 2.75) is 32.7 Å². The topological polar surface area (TPSA) is 66.6 Å². The first-order valence-electron chi connectivity index (χ1n) is 5.71.